The smallest absolute Gasteiger partial charge is 0.267 e. The minimum absolute atomic E-state index is 0.0721. The van der Waals surface area contributed by atoms with Gasteiger partial charge in [-0.2, -0.15) is 0 Å². The molecular weight excluding hydrogens is 240 g/mol. The van der Waals surface area contributed by atoms with Gasteiger partial charge < -0.3 is 10.4 Å². The lowest BCUT2D eigenvalue weighted by molar-refractivity contribution is -0.0819. The van der Waals surface area contributed by atoms with Gasteiger partial charge in [-0.3, -0.25) is 0 Å². The van der Waals surface area contributed by atoms with Crippen LogP contribution < -0.4 is 5.32 Å². The second-order valence-electron chi connectivity index (χ2n) is 4.51. The van der Waals surface area contributed by atoms with E-state index in [-0.39, 0.29) is 18.3 Å². The van der Waals surface area contributed by atoms with Gasteiger partial charge in [-0.25, -0.2) is 17.2 Å². The van der Waals surface area contributed by atoms with Crippen LogP contribution in [0.3, 0.4) is 0 Å². The number of rotatable bonds is 4. The molecule has 0 aliphatic carbocycles. The molecule has 3 atom stereocenters. The van der Waals surface area contributed by atoms with Crippen molar-refractivity contribution in [3.8, 4) is 0 Å². The third kappa shape index (κ3) is 2.89. The van der Waals surface area contributed by atoms with E-state index < -0.39 is 27.1 Å². The SMILES string of the molecule is C[C@@H]1[C@H](NCC(C)(O)C(F)F)CCS1(=O)=O. The normalized spacial score (nSPS) is 32.9. The molecule has 96 valence electrons. The van der Waals surface area contributed by atoms with Crippen LogP contribution in [0.15, 0.2) is 0 Å². The molecule has 0 aromatic heterocycles. The Hall–Kier alpha value is -0.270. The predicted molar refractivity (Wildman–Crippen MR) is 56.3 cm³/mol. The molecule has 0 aromatic rings. The van der Waals surface area contributed by atoms with Crippen molar-refractivity contribution in [2.24, 2.45) is 0 Å². The average molecular weight is 257 g/mol. The molecule has 1 aliphatic heterocycles. The van der Waals surface area contributed by atoms with E-state index in [2.05, 4.69) is 5.32 Å². The second-order valence-corrected chi connectivity index (χ2v) is 6.98. The van der Waals surface area contributed by atoms with Gasteiger partial charge in [0.05, 0.1) is 11.0 Å². The van der Waals surface area contributed by atoms with Gasteiger partial charge in [0.25, 0.3) is 6.43 Å². The molecule has 1 heterocycles. The van der Waals surface area contributed by atoms with Crippen molar-refractivity contribution < 1.29 is 22.3 Å². The molecule has 4 nitrogen and oxygen atoms in total. The van der Waals surface area contributed by atoms with E-state index in [1.165, 1.54) is 0 Å². The van der Waals surface area contributed by atoms with Gasteiger partial charge in [0, 0.05) is 12.6 Å². The first kappa shape index (κ1) is 13.8. The van der Waals surface area contributed by atoms with Crippen molar-refractivity contribution in [2.45, 2.75) is 43.6 Å². The van der Waals surface area contributed by atoms with Crippen LogP contribution in [0.4, 0.5) is 8.78 Å². The van der Waals surface area contributed by atoms with E-state index in [4.69, 9.17) is 0 Å². The number of hydrogen-bond acceptors (Lipinski definition) is 4. The fraction of sp³-hybridized carbons (Fsp3) is 1.00. The summed E-state index contributed by atoms with van der Waals surface area (Å²) in [4.78, 5) is 0. The molecule has 1 fully saturated rings. The van der Waals surface area contributed by atoms with Crippen LogP contribution in [0.5, 0.6) is 0 Å². The number of aliphatic hydroxyl groups is 1. The zero-order valence-electron chi connectivity index (χ0n) is 9.28. The molecule has 0 radical (unpaired) electrons. The number of alkyl halides is 2. The third-order valence-electron chi connectivity index (χ3n) is 3.04. The maximum absolute atomic E-state index is 12.3. The van der Waals surface area contributed by atoms with E-state index in [0.717, 1.165) is 6.92 Å². The number of hydrogen-bond donors (Lipinski definition) is 2. The summed E-state index contributed by atoms with van der Waals surface area (Å²) in [6.07, 6.45) is -2.45. The summed E-state index contributed by atoms with van der Waals surface area (Å²) >= 11 is 0. The first-order valence-electron chi connectivity index (χ1n) is 5.12. The zero-order valence-corrected chi connectivity index (χ0v) is 10.1. The van der Waals surface area contributed by atoms with E-state index in [1.54, 1.807) is 6.92 Å². The topological polar surface area (TPSA) is 66.4 Å². The fourth-order valence-electron chi connectivity index (χ4n) is 1.65. The molecule has 0 aromatic carbocycles. The molecule has 1 saturated heterocycles. The standard InChI is InChI=1S/C9H17F2NO3S/c1-6-7(3-4-16(6,14)15)12-5-9(2,13)8(10)11/h6-8,12-13H,3-5H2,1-2H3/t6-,7-,9?/m1/s1. The second kappa shape index (κ2) is 4.54. The Kier molecular flexibility index (Phi) is 3.91. The highest BCUT2D eigenvalue weighted by Gasteiger charge is 2.39. The van der Waals surface area contributed by atoms with Crippen LogP contribution in [0, 0.1) is 0 Å². The van der Waals surface area contributed by atoms with Gasteiger partial charge in [-0.1, -0.05) is 0 Å². The molecule has 16 heavy (non-hydrogen) atoms. The first-order valence-corrected chi connectivity index (χ1v) is 6.84. The predicted octanol–water partition coefficient (Wildman–Crippen LogP) is 0.168. The summed E-state index contributed by atoms with van der Waals surface area (Å²) in [6.45, 7) is 2.27. The molecule has 1 aliphatic rings. The molecule has 1 unspecified atom stereocenters. The average Bonchev–Trinajstić information content (AvgIpc) is 2.40. The van der Waals surface area contributed by atoms with Gasteiger partial charge in [0.2, 0.25) is 0 Å². The number of halogens is 2. The van der Waals surface area contributed by atoms with Gasteiger partial charge >= 0.3 is 0 Å². The largest absolute Gasteiger partial charge is 0.383 e. The van der Waals surface area contributed by atoms with Crippen LogP contribution >= 0.6 is 0 Å². The Morgan fingerprint density at radius 1 is 1.56 bits per heavy atom. The summed E-state index contributed by atoms with van der Waals surface area (Å²) in [5, 5.41) is 11.4. The summed E-state index contributed by atoms with van der Waals surface area (Å²) < 4.78 is 47.4. The molecule has 7 heteroatoms. The zero-order chi connectivity index (χ0) is 12.6. The van der Waals surface area contributed by atoms with Gasteiger partial charge in [-0.05, 0) is 20.3 Å². The summed E-state index contributed by atoms with van der Waals surface area (Å²) in [7, 11) is -3.09. The maximum Gasteiger partial charge on any atom is 0.267 e. The lowest BCUT2D eigenvalue weighted by Gasteiger charge is -2.25. The number of sulfone groups is 1. The monoisotopic (exact) mass is 257 g/mol. The Morgan fingerprint density at radius 2 is 2.12 bits per heavy atom. The van der Waals surface area contributed by atoms with E-state index in [9.17, 15) is 22.3 Å². The lowest BCUT2D eigenvalue weighted by atomic mass is 10.1. The van der Waals surface area contributed by atoms with Crippen LogP contribution in [0.2, 0.25) is 0 Å². The van der Waals surface area contributed by atoms with Crippen LogP contribution in [0.1, 0.15) is 20.3 Å². The minimum atomic E-state index is -3.09. The first-order chi connectivity index (χ1) is 7.17. The maximum atomic E-state index is 12.3. The van der Waals surface area contributed by atoms with E-state index in [1.807, 2.05) is 0 Å². The van der Waals surface area contributed by atoms with Gasteiger partial charge in [-0.15, -0.1) is 0 Å². The quantitative estimate of drug-likeness (QED) is 0.753. The van der Waals surface area contributed by atoms with Crippen molar-refractivity contribution in [3.05, 3.63) is 0 Å². The van der Waals surface area contributed by atoms with Crippen LogP contribution in [-0.4, -0.2) is 49.1 Å². The van der Waals surface area contributed by atoms with E-state index >= 15 is 0 Å². The summed E-state index contributed by atoms with van der Waals surface area (Å²) in [6, 6.07) is -0.352. The molecule has 0 bridgehead atoms. The Bertz CT molecular complexity index is 343. The highest BCUT2D eigenvalue weighted by Crippen LogP contribution is 2.21. The molecule has 0 saturated carbocycles. The fourth-order valence-corrected chi connectivity index (χ4v) is 3.33. The van der Waals surface area contributed by atoms with Crippen molar-refractivity contribution in [1.29, 1.82) is 0 Å². The summed E-state index contributed by atoms with van der Waals surface area (Å²) in [5.74, 6) is 0.0721. The highest BCUT2D eigenvalue weighted by atomic mass is 32.2. The van der Waals surface area contributed by atoms with Gasteiger partial charge in [0.1, 0.15) is 5.60 Å². The molecule has 0 amide bonds. The van der Waals surface area contributed by atoms with Gasteiger partial charge in [0.15, 0.2) is 9.84 Å². The van der Waals surface area contributed by atoms with Crippen molar-refractivity contribution in [3.63, 3.8) is 0 Å². The summed E-state index contributed by atoms with van der Waals surface area (Å²) in [5.41, 5.74) is -2.12. The van der Waals surface area contributed by atoms with E-state index in [0.29, 0.717) is 6.42 Å². The highest BCUT2D eigenvalue weighted by molar-refractivity contribution is 7.92. The molecular formula is C9H17F2NO3S. The molecule has 0 spiro atoms. The van der Waals surface area contributed by atoms with Crippen LogP contribution in [0.25, 0.3) is 0 Å². The Labute approximate surface area is 94.0 Å². The third-order valence-corrected chi connectivity index (χ3v) is 5.30. The Morgan fingerprint density at radius 3 is 2.50 bits per heavy atom. The molecule has 1 rings (SSSR count). The van der Waals surface area contributed by atoms with Crippen molar-refractivity contribution >= 4 is 9.84 Å². The molecule has 2 N–H and O–H groups in total. The number of nitrogens with one attached hydrogen (secondary N) is 1. The Balaban J connectivity index is 2.53. The lowest BCUT2D eigenvalue weighted by Crippen LogP contribution is -2.49. The van der Waals surface area contributed by atoms with Crippen molar-refractivity contribution in [1.82, 2.24) is 5.32 Å². The minimum Gasteiger partial charge on any atom is -0.383 e. The van der Waals surface area contributed by atoms with Crippen molar-refractivity contribution in [2.75, 3.05) is 12.3 Å². The van der Waals surface area contributed by atoms with Crippen LogP contribution in [-0.2, 0) is 9.84 Å².